The maximum Gasteiger partial charge on any atom is 0.166 e. The van der Waals surface area contributed by atoms with Crippen LogP contribution in [-0.2, 0) is 11.8 Å². The first-order valence-electron chi connectivity index (χ1n) is 7.71. The van der Waals surface area contributed by atoms with Crippen LogP contribution in [0.2, 0.25) is 0 Å². The Morgan fingerprint density at radius 2 is 2.19 bits per heavy atom. The Morgan fingerprint density at radius 3 is 3.05 bits per heavy atom. The monoisotopic (exact) mass is 285 g/mol. The molecule has 1 aromatic carbocycles. The molecule has 21 heavy (non-hydrogen) atoms. The summed E-state index contributed by atoms with van der Waals surface area (Å²) in [4.78, 5) is 2.38. The number of hydrogen-bond donors (Lipinski definition) is 2. The zero-order valence-corrected chi connectivity index (χ0v) is 12.0. The molecule has 1 spiro atoms. The Morgan fingerprint density at radius 1 is 1.33 bits per heavy atom. The lowest BCUT2D eigenvalue weighted by atomic mass is 9.52. The number of nitrogens with zero attached hydrogens (tertiary/aromatic N) is 1. The summed E-state index contributed by atoms with van der Waals surface area (Å²) in [5.41, 5.74) is 2.29. The van der Waals surface area contributed by atoms with Gasteiger partial charge in [-0.2, -0.15) is 0 Å². The standard InChI is InChI=1S/C17H19NO3/c1-18-7-6-17-13-5-4-11(19)15(17)10(18)8-9-2-3-12(20)16(21-13)14(9)17/h2-5,10-11,13,15,19-20H,6-8H2,1H3/t10-,11+,13+,15-,17-/m1/s1. The number of aliphatic hydroxyl groups is 1. The van der Waals surface area contributed by atoms with Gasteiger partial charge >= 0.3 is 0 Å². The van der Waals surface area contributed by atoms with Crippen molar-refractivity contribution in [1.29, 1.82) is 0 Å². The van der Waals surface area contributed by atoms with E-state index in [0.717, 1.165) is 19.4 Å². The van der Waals surface area contributed by atoms with Crippen LogP contribution in [0.3, 0.4) is 0 Å². The predicted octanol–water partition coefficient (Wildman–Crippen LogP) is 1.20. The molecule has 0 amide bonds. The molecule has 0 saturated carbocycles. The lowest BCUT2D eigenvalue weighted by molar-refractivity contribution is -0.0575. The number of benzene rings is 1. The second-order valence-corrected chi connectivity index (χ2v) is 6.93. The van der Waals surface area contributed by atoms with Crippen LogP contribution >= 0.6 is 0 Å². The van der Waals surface area contributed by atoms with Crippen molar-refractivity contribution in [2.45, 2.75) is 36.5 Å². The summed E-state index contributed by atoms with van der Waals surface area (Å²) in [5.74, 6) is 1.04. The molecule has 5 atom stereocenters. The molecule has 2 aliphatic carbocycles. The first kappa shape index (κ1) is 12.1. The van der Waals surface area contributed by atoms with Gasteiger partial charge in [0.25, 0.3) is 0 Å². The van der Waals surface area contributed by atoms with Gasteiger partial charge in [0.2, 0.25) is 0 Å². The molecule has 4 nitrogen and oxygen atoms in total. The first-order valence-corrected chi connectivity index (χ1v) is 7.71. The highest BCUT2D eigenvalue weighted by Gasteiger charge is 2.64. The summed E-state index contributed by atoms with van der Waals surface area (Å²) in [7, 11) is 2.15. The minimum atomic E-state index is -0.431. The van der Waals surface area contributed by atoms with Crippen LogP contribution in [0.15, 0.2) is 24.3 Å². The van der Waals surface area contributed by atoms with Gasteiger partial charge in [0.15, 0.2) is 11.5 Å². The fourth-order valence-corrected chi connectivity index (χ4v) is 5.31. The maximum absolute atomic E-state index is 10.6. The van der Waals surface area contributed by atoms with Crippen molar-refractivity contribution < 1.29 is 14.9 Å². The van der Waals surface area contributed by atoms with E-state index in [2.05, 4.69) is 11.9 Å². The number of likely N-dealkylation sites (N-methyl/N-ethyl adjacent to an activating group) is 1. The highest BCUT2D eigenvalue weighted by molar-refractivity contribution is 5.61. The van der Waals surface area contributed by atoms with E-state index in [1.54, 1.807) is 6.07 Å². The molecule has 0 aromatic heterocycles. The normalized spacial score (nSPS) is 42.6. The SMILES string of the molecule is CN1CC[C@]23c4c5ccc(O)c4O[C@H]2C=C[C@H](O)[C@H]3[C@H]1C5. The van der Waals surface area contributed by atoms with Crippen molar-refractivity contribution >= 4 is 0 Å². The van der Waals surface area contributed by atoms with Crippen molar-refractivity contribution in [2.24, 2.45) is 5.92 Å². The summed E-state index contributed by atoms with van der Waals surface area (Å²) in [6, 6.07) is 4.13. The van der Waals surface area contributed by atoms with Gasteiger partial charge in [-0.15, -0.1) is 0 Å². The number of ether oxygens (including phenoxy) is 1. The molecule has 1 aromatic rings. The fraction of sp³-hybridized carbons (Fsp3) is 0.529. The summed E-state index contributed by atoms with van der Waals surface area (Å²) in [6.07, 6.45) is 5.29. The zero-order valence-electron chi connectivity index (χ0n) is 12.0. The summed E-state index contributed by atoms with van der Waals surface area (Å²) < 4.78 is 6.13. The maximum atomic E-state index is 10.6. The molecule has 110 valence electrons. The van der Waals surface area contributed by atoms with Crippen molar-refractivity contribution in [3.05, 3.63) is 35.4 Å². The molecule has 0 radical (unpaired) electrons. The minimum absolute atomic E-state index is 0.0514. The largest absolute Gasteiger partial charge is 0.504 e. The highest BCUT2D eigenvalue weighted by atomic mass is 16.5. The summed E-state index contributed by atoms with van der Waals surface area (Å²) in [6.45, 7) is 1.01. The predicted molar refractivity (Wildman–Crippen MR) is 77.6 cm³/mol. The quantitative estimate of drug-likeness (QED) is 0.703. The molecular weight excluding hydrogens is 266 g/mol. The Kier molecular flexibility index (Phi) is 2.08. The van der Waals surface area contributed by atoms with Crippen LogP contribution in [0.1, 0.15) is 17.5 Å². The Bertz CT molecular complexity index is 670. The van der Waals surface area contributed by atoms with E-state index < -0.39 is 6.10 Å². The van der Waals surface area contributed by atoms with Crippen molar-refractivity contribution in [1.82, 2.24) is 4.90 Å². The third-order valence-corrected chi connectivity index (χ3v) is 6.17. The fourth-order valence-electron chi connectivity index (χ4n) is 5.31. The molecule has 4 aliphatic rings. The molecular formula is C17H19NO3. The molecule has 5 rings (SSSR count). The molecule has 2 heterocycles. The Balaban J connectivity index is 1.85. The van der Waals surface area contributed by atoms with E-state index in [4.69, 9.17) is 4.74 Å². The first-order chi connectivity index (χ1) is 10.1. The molecule has 0 unspecified atom stereocenters. The van der Waals surface area contributed by atoms with Crippen LogP contribution in [0.5, 0.6) is 11.5 Å². The topological polar surface area (TPSA) is 52.9 Å². The van der Waals surface area contributed by atoms with Crippen LogP contribution in [-0.4, -0.2) is 47.0 Å². The number of piperidine rings is 1. The minimum Gasteiger partial charge on any atom is -0.504 e. The summed E-state index contributed by atoms with van der Waals surface area (Å²) >= 11 is 0. The van der Waals surface area contributed by atoms with Gasteiger partial charge in [0, 0.05) is 22.9 Å². The molecule has 2 aliphatic heterocycles. The van der Waals surface area contributed by atoms with Gasteiger partial charge < -0.3 is 19.8 Å². The number of likely N-dealkylation sites (tertiary alicyclic amines) is 1. The molecule has 2 N–H and O–H groups in total. The van der Waals surface area contributed by atoms with Crippen molar-refractivity contribution in [3.8, 4) is 11.5 Å². The van der Waals surface area contributed by atoms with E-state index >= 15 is 0 Å². The van der Waals surface area contributed by atoms with E-state index in [1.165, 1.54) is 11.1 Å². The van der Waals surface area contributed by atoms with Gasteiger partial charge in [-0.25, -0.2) is 0 Å². The number of hydrogen-bond acceptors (Lipinski definition) is 4. The van der Waals surface area contributed by atoms with Crippen LogP contribution in [0, 0.1) is 5.92 Å². The lowest BCUT2D eigenvalue weighted by Crippen LogP contribution is -2.65. The van der Waals surface area contributed by atoms with Gasteiger partial charge in [0.05, 0.1) is 6.10 Å². The van der Waals surface area contributed by atoms with E-state index in [1.807, 2.05) is 18.2 Å². The smallest absolute Gasteiger partial charge is 0.166 e. The van der Waals surface area contributed by atoms with Gasteiger partial charge in [0.1, 0.15) is 6.10 Å². The van der Waals surface area contributed by atoms with E-state index in [9.17, 15) is 10.2 Å². The van der Waals surface area contributed by atoms with Gasteiger partial charge in [-0.1, -0.05) is 12.1 Å². The third kappa shape index (κ3) is 1.21. The van der Waals surface area contributed by atoms with Crippen molar-refractivity contribution in [2.75, 3.05) is 13.6 Å². The number of phenolic OH excluding ortho intramolecular Hbond substituents is 1. The molecule has 1 saturated heterocycles. The highest BCUT2D eigenvalue weighted by Crippen LogP contribution is 2.62. The third-order valence-electron chi connectivity index (χ3n) is 6.17. The van der Waals surface area contributed by atoms with Crippen LogP contribution in [0.25, 0.3) is 0 Å². The molecule has 1 fully saturated rings. The number of rotatable bonds is 0. The van der Waals surface area contributed by atoms with Crippen LogP contribution in [0.4, 0.5) is 0 Å². The van der Waals surface area contributed by atoms with Gasteiger partial charge in [-0.05, 0) is 44.1 Å². The van der Waals surface area contributed by atoms with E-state index in [-0.39, 0.29) is 23.2 Å². The average molecular weight is 285 g/mol. The Hall–Kier alpha value is -1.52. The average Bonchev–Trinajstić information content (AvgIpc) is 2.81. The van der Waals surface area contributed by atoms with Gasteiger partial charge in [-0.3, -0.25) is 0 Å². The number of aromatic hydroxyl groups is 1. The number of aliphatic hydroxyl groups excluding tert-OH is 1. The second-order valence-electron chi connectivity index (χ2n) is 6.93. The molecule has 2 bridgehead atoms. The summed E-state index contributed by atoms with van der Waals surface area (Å²) in [5, 5.41) is 20.8. The van der Waals surface area contributed by atoms with Crippen molar-refractivity contribution in [3.63, 3.8) is 0 Å². The zero-order chi connectivity index (χ0) is 14.4. The molecule has 4 heteroatoms. The van der Waals surface area contributed by atoms with Crippen LogP contribution < -0.4 is 4.74 Å². The number of phenols is 1. The van der Waals surface area contributed by atoms with E-state index in [0.29, 0.717) is 11.8 Å². The Labute approximate surface area is 123 Å². The second kappa shape index (κ2) is 3.62. The lowest BCUT2D eigenvalue weighted by Gasteiger charge is -2.57.